The number of aliphatic hydroxyl groups is 2. The molecule has 3 heterocycles. The molecule has 0 aliphatic carbocycles. The Bertz CT molecular complexity index is 1770. The first-order chi connectivity index (χ1) is 21.4. The third kappa shape index (κ3) is 6.77. The summed E-state index contributed by atoms with van der Waals surface area (Å²) < 4.78 is 8.61. The van der Waals surface area contributed by atoms with Crippen LogP contribution in [0.3, 0.4) is 0 Å². The summed E-state index contributed by atoms with van der Waals surface area (Å²) in [7, 11) is 3.47. The molecular weight excluding hydrogens is 576 g/mol. The second-order valence-electron chi connectivity index (χ2n) is 10.4. The molecule has 1 amide bonds. The molecule has 0 atom stereocenters. The lowest BCUT2D eigenvalue weighted by atomic mass is 10.0. The molecule has 5 rings (SSSR count). The fourth-order valence-corrected chi connectivity index (χ4v) is 6.38. The topological polar surface area (TPSA) is 138 Å². The number of benzene rings is 2. The Kier molecular flexibility index (Phi) is 10.3. The molecule has 0 aliphatic rings. The lowest BCUT2D eigenvalue weighted by Gasteiger charge is -2.19. The minimum Gasteiger partial charge on any atom is -0.495 e. The van der Waals surface area contributed by atoms with E-state index in [0.717, 1.165) is 50.8 Å². The number of rotatable bonds is 14. The molecule has 0 unspecified atom stereocenters. The van der Waals surface area contributed by atoms with Gasteiger partial charge in [-0.15, -0.1) is 11.3 Å². The molecule has 2 aromatic carbocycles. The predicted molar refractivity (Wildman–Crippen MR) is 179 cm³/mol. The Morgan fingerprint density at radius 1 is 1.14 bits per heavy atom. The van der Waals surface area contributed by atoms with Crippen LogP contribution in [0.4, 0.5) is 11.5 Å². The second kappa shape index (κ2) is 14.5. The number of ether oxygens (including phenoxy) is 1. The van der Waals surface area contributed by atoms with Gasteiger partial charge in [-0.2, -0.15) is 0 Å². The average Bonchev–Trinajstić information content (AvgIpc) is 3.63. The second-order valence-corrected chi connectivity index (χ2v) is 11.2. The number of thiophene rings is 1. The SMILES string of the molecule is COc1cc(-c2csc3c(C=CCNCCN(CCO)CCO)cnc(N)c23)ccc1NC(=O)c1cc2ccccc2n1C. The van der Waals surface area contributed by atoms with Gasteiger partial charge in [-0.1, -0.05) is 36.4 Å². The van der Waals surface area contributed by atoms with Crippen LogP contribution < -0.4 is 21.1 Å². The first kappa shape index (κ1) is 31.2. The minimum atomic E-state index is -0.220. The summed E-state index contributed by atoms with van der Waals surface area (Å²) in [6.07, 6.45) is 5.86. The van der Waals surface area contributed by atoms with Gasteiger partial charge in [0.15, 0.2) is 0 Å². The molecule has 0 saturated carbocycles. The van der Waals surface area contributed by atoms with Crippen molar-refractivity contribution in [2.45, 2.75) is 0 Å². The van der Waals surface area contributed by atoms with Crippen molar-refractivity contribution in [1.82, 2.24) is 19.8 Å². The number of nitrogens with zero attached hydrogens (tertiary/aromatic N) is 3. The number of nitrogens with two attached hydrogens (primary N) is 1. The van der Waals surface area contributed by atoms with E-state index in [1.807, 2.05) is 77.2 Å². The number of para-hydroxylation sites is 1. The van der Waals surface area contributed by atoms with E-state index in [2.05, 4.69) is 21.0 Å². The van der Waals surface area contributed by atoms with Gasteiger partial charge in [-0.25, -0.2) is 4.98 Å². The smallest absolute Gasteiger partial charge is 0.272 e. The summed E-state index contributed by atoms with van der Waals surface area (Å²) >= 11 is 1.60. The number of nitrogen functional groups attached to an aromatic ring is 1. The Balaban J connectivity index is 1.31. The van der Waals surface area contributed by atoms with Crippen molar-refractivity contribution in [1.29, 1.82) is 0 Å². The zero-order valence-electron chi connectivity index (χ0n) is 24.9. The molecule has 5 aromatic rings. The number of amides is 1. The number of pyridine rings is 1. The van der Waals surface area contributed by atoms with E-state index < -0.39 is 0 Å². The maximum atomic E-state index is 13.2. The van der Waals surface area contributed by atoms with E-state index in [4.69, 9.17) is 20.7 Å². The molecule has 0 bridgehead atoms. The van der Waals surface area contributed by atoms with Crippen LogP contribution in [0.25, 0.3) is 38.2 Å². The molecule has 0 fully saturated rings. The van der Waals surface area contributed by atoms with Crippen LogP contribution in [-0.4, -0.2) is 83.6 Å². The Morgan fingerprint density at radius 3 is 2.68 bits per heavy atom. The minimum absolute atomic E-state index is 0.0717. The lowest BCUT2D eigenvalue weighted by molar-refractivity contribution is 0.101. The highest BCUT2D eigenvalue weighted by Crippen LogP contribution is 2.41. The summed E-state index contributed by atoms with van der Waals surface area (Å²) in [6, 6.07) is 15.5. The maximum absolute atomic E-state index is 13.2. The van der Waals surface area contributed by atoms with Gasteiger partial charge < -0.3 is 35.9 Å². The van der Waals surface area contributed by atoms with E-state index in [0.29, 0.717) is 42.6 Å². The predicted octanol–water partition coefficient (Wildman–Crippen LogP) is 4.19. The first-order valence-corrected chi connectivity index (χ1v) is 15.3. The van der Waals surface area contributed by atoms with Crippen LogP contribution >= 0.6 is 11.3 Å². The van der Waals surface area contributed by atoms with Gasteiger partial charge in [0.25, 0.3) is 5.91 Å². The van der Waals surface area contributed by atoms with Gasteiger partial charge in [0.05, 0.1) is 26.0 Å². The van der Waals surface area contributed by atoms with Crippen molar-refractivity contribution in [3.8, 4) is 16.9 Å². The van der Waals surface area contributed by atoms with Gasteiger partial charge in [-0.3, -0.25) is 9.69 Å². The molecule has 10 nitrogen and oxygen atoms in total. The number of carbonyl (C=O) groups excluding carboxylic acids is 1. The Hall–Kier alpha value is -4.26. The van der Waals surface area contributed by atoms with Crippen LogP contribution in [0.15, 0.2) is 66.2 Å². The number of methoxy groups -OCH3 is 1. The molecule has 230 valence electrons. The molecule has 3 aromatic heterocycles. The van der Waals surface area contributed by atoms with Gasteiger partial charge in [-0.05, 0) is 35.2 Å². The normalized spacial score (nSPS) is 11.8. The number of carbonyl (C=O) groups is 1. The van der Waals surface area contributed by atoms with Crippen molar-refractivity contribution in [2.24, 2.45) is 7.05 Å². The highest BCUT2D eigenvalue weighted by molar-refractivity contribution is 7.18. The molecule has 0 saturated heterocycles. The summed E-state index contributed by atoms with van der Waals surface area (Å²) in [6.45, 7) is 3.38. The molecule has 0 aliphatic heterocycles. The number of aryl methyl sites for hydroxylation is 1. The van der Waals surface area contributed by atoms with Crippen molar-refractivity contribution >= 4 is 55.8 Å². The van der Waals surface area contributed by atoms with Gasteiger partial charge in [0.1, 0.15) is 17.3 Å². The van der Waals surface area contributed by atoms with Crippen molar-refractivity contribution in [3.05, 3.63) is 77.4 Å². The van der Waals surface area contributed by atoms with Gasteiger partial charge in [0, 0.05) is 78.1 Å². The molecule has 44 heavy (non-hydrogen) atoms. The lowest BCUT2D eigenvalue weighted by Crippen LogP contribution is -2.36. The standard InChI is InChI=1S/C33H38N6O4S/c1-38-27-8-4-3-6-23(27)18-28(38)33(42)37-26-10-9-22(19-29(26)43-2)25-21-44-31-24(20-36-32(34)30(25)31)7-5-11-35-12-13-39(14-16-40)15-17-41/h3-10,18-21,35,40-41H,11-17H2,1-2H3,(H2,34,36)(H,37,42). The number of anilines is 2. The van der Waals surface area contributed by atoms with Crippen LogP contribution in [0.2, 0.25) is 0 Å². The number of hydrogen-bond acceptors (Lipinski definition) is 9. The Morgan fingerprint density at radius 2 is 1.93 bits per heavy atom. The summed E-state index contributed by atoms with van der Waals surface area (Å²) in [5.74, 6) is 0.772. The number of nitrogens with one attached hydrogen (secondary N) is 2. The molecule has 11 heteroatoms. The van der Waals surface area contributed by atoms with Gasteiger partial charge in [0.2, 0.25) is 0 Å². The first-order valence-electron chi connectivity index (χ1n) is 14.5. The summed E-state index contributed by atoms with van der Waals surface area (Å²) in [4.78, 5) is 19.7. The van der Waals surface area contributed by atoms with E-state index in [-0.39, 0.29) is 19.1 Å². The average molecular weight is 615 g/mol. The number of hydrogen-bond donors (Lipinski definition) is 5. The van der Waals surface area contributed by atoms with Crippen molar-refractivity contribution in [3.63, 3.8) is 0 Å². The summed E-state index contributed by atoms with van der Waals surface area (Å²) in [5.41, 5.74) is 11.3. The third-order valence-electron chi connectivity index (χ3n) is 7.59. The van der Waals surface area contributed by atoms with E-state index in [1.165, 1.54) is 0 Å². The van der Waals surface area contributed by atoms with Crippen molar-refractivity contribution < 1.29 is 19.7 Å². The molecular formula is C33H38N6O4S. The van der Waals surface area contributed by atoms with E-state index in [1.54, 1.807) is 24.6 Å². The highest BCUT2D eigenvalue weighted by atomic mass is 32.1. The molecule has 0 radical (unpaired) electrons. The monoisotopic (exact) mass is 614 g/mol. The Labute approximate surface area is 260 Å². The van der Waals surface area contributed by atoms with Gasteiger partial charge >= 0.3 is 0 Å². The molecule has 6 N–H and O–H groups in total. The summed E-state index contributed by atoms with van der Waals surface area (Å²) in [5, 5.41) is 28.6. The molecule has 0 spiro atoms. The van der Waals surface area contributed by atoms with Crippen molar-refractivity contribution in [2.75, 3.05) is 64.1 Å². The number of fused-ring (bicyclic) bond motifs is 2. The largest absolute Gasteiger partial charge is 0.495 e. The maximum Gasteiger partial charge on any atom is 0.272 e. The zero-order valence-corrected chi connectivity index (χ0v) is 25.7. The zero-order chi connectivity index (χ0) is 31.1. The highest BCUT2D eigenvalue weighted by Gasteiger charge is 2.18. The fourth-order valence-electron chi connectivity index (χ4n) is 5.30. The van der Waals surface area contributed by atoms with Crippen LogP contribution in [-0.2, 0) is 7.05 Å². The van der Waals surface area contributed by atoms with E-state index in [9.17, 15) is 4.79 Å². The quantitative estimate of drug-likeness (QED) is 0.118. The van der Waals surface area contributed by atoms with E-state index >= 15 is 0 Å². The number of aromatic nitrogens is 2. The van der Waals surface area contributed by atoms with Crippen LogP contribution in [0.1, 0.15) is 16.1 Å². The fraction of sp³-hybridized carbons (Fsp3) is 0.273. The third-order valence-corrected chi connectivity index (χ3v) is 8.62. The van der Waals surface area contributed by atoms with Crippen LogP contribution in [0.5, 0.6) is 5.75 Å². The van der Waals surface area contributed by atoms with Crippen LogP contribution in [0, 0.1) is 0 Å². The number of aliphatic hydroxyl groups excluding tert-OH is 2.